The summed E-state index contributed by atoms with van der Waals surface area (Å²) < 4.78 is 1.83. The van der Waals surface area contributed by atoms with Crippen LogP contribution in [0.4, 0.5) is 0 Å². The van der Waals surface area contributed by atoms with Crippen molar-refractivity contribution in [1.29, 1.82) is 0 Å². The van der Waals surface area contributed by atoms with Crippen molar-refractivity contribution in [3.8, 4) is 0 Å². The van der Waals surface area contributed by atoms with Crippen LogP contribution >= 0.6 is 0 Å². The van der Waals surface area contributed by atoms with Crippen LogP contribution in [0.2, 0.25) is 0 Å². The lowest BCUT2D eigenvalue weighted by Gasteiger charge is -2.01. The smallest absolute Gasteiger partial charge is 0.337 e. The Morgan fingerprint density at radius 2 is 2.36 bits per heavy atom. The largest absolute Gasteiger partial charge is 0.478 e. The summed E-state index contributed by atoms with van der Waals surface area (Å²) in [5, 5.41) is 8.98. The fraction of sp³-hybridized carbons (Fsp3) is 0.200. The number of aryl methyl sites for hydroxylation is 1. The number of nitrogens with zero attached hydrogens (tertiary/aromatic N) is 2. The Hall–Kier alpha value is -1.84. The summed E-state index contributed by atoms with van der Waals surface area (Å²) in [5.74, 6) is -0.911. The van der Waals surface area contributed by atoms with E-state index in [1.165, 1.54) is 0 Å². The van der Waals surface area contributed by atoms with E-state index in [9.17, 15) is 4.79 Å². The van der Waals surface area contributed by atoms with Gasteiger partial charge in [0.15, 0.2) is 0 Å². The third-order valence-corrected chi connectivity index (χ3v) is 2.21. The zero-order valence-electron chi connectivity index (χ0n) is 7.77. The maximum Gasteiger partial charge on any atom is 0.337 e. The molecule has 0 unspecified atom stereocenters. The normalized spacial score (nSPS) is 10.6. The van der Waals surface area contributed by atoms with Gasteiger partial charge in [0.1, 0.15) is 0 Å². The number of aromatic nitrogens is 2. The molecule has 0 fully saturated rings. The van der Waals surface area contributed by atoms with Crippen LogP contribution in [0.15, 0.2) is 24.5 Å². The quantitative estimate of drug-likeness (QED) is 0.784. The van der Waals surface area contributed by atoms with Crippen molar-refractivity contribution in [2.24, 2.45) is 0 Å². The Bertz CT molecular complexity index is 488. The Morgan fingerprint density at radius 3 is 3.00 bits per heavy atom. The van der Waals surface area contributed by atoms with Crippen LogP contribution in [0.5, 0.6) is 0 Å². The molecule has 1 N–H and O–H groups in total. The van der Waals surface area contributed by atoms with Gasteiger partial charge in [-0.3, -0.25) is 0 Å². The number of rotatable bonds is 2. The molecule has 0 aliphatic carbocycles. The average molecular weight is 190 g/mol. The lowest BCUT2D eigenvalue weighted by Crippen LogP contribution is -2.01. The molecule has 4 nitrogen and oxygen atoms in total. The Balaban J connectivity index is 2.81. The van der Waals surface area contributed by atoms with Crippen molar-refractivity contribution in [1.82, 2.24) is 9.55 Å². The van der Waals surface area contributed by atoms with Crippen molar-refractivity contribution >= 4 is 17.0 Å². The van der Waals surface area contributed by atoms with Gasteiger partial charge < -0.3 is 9.67 Å². The van der Waals surface area contributed by atoms with E-state index in [1.807, 2.05) is 17.6 Å². The van der Waals surface area contributed by atoms with Crippen molar-refractivity contribution in [3.63, 3.8) is 0 Å². The van der Waals surface area contributed by atoms with Crippen LogP contribution in [0, 0.1) is 0 Å². The number of hydrogen-bond acceptors (Lipinski definition) is 2. The molecule has 2 rings (SSSR count). The van der Waals surface area contributed by atoms with Crippen molar-refractivity contribution in [3.05, 3.63) is 30.1 Å². The summed E-state index contributed by atoms with van der Waals surface area (Å²) >= 11 is 0. The summed E-state index contributed by atoms with van der Waals surface area (Å²) in [4.78, 5) is 15.1. The van der Waals surface area contributed by atoms with Crippen LogP contribution in [0.1, 0.15) is 17.3 Å². The number of fused-ring (bicyclic) bond motifs is 1. The molecule has 0 spiro atoms. The number of benzene rings is 1. The first kappa shape index (κ1) is 8.74. The highest BCUT2D eigenvalue weighted by Crippen LogP contribution is 2.17. The molecule has 72 valence electrons. The second-order valence-corrected chi connectivity index (χ2v) is 3.01. The van der Waals surface area contributed by atoms with Gasteiger partial charge in [-0.05, 0) is 19.1 Å². The van der Waals surface area contributed by atoms with E-state index in [4.69, 9.17) is 5.11 Å². The molecule has 0 aliphatic heterocycles. The molecule has 0 saturated heterocycles. The van der Waals surface area contributed by atoms with Crippen molar-refractivity contribution < 1.29 is 9.90 Å². The highest BCUT2D eigenvalue weighted by Gasteiger charge is 2.11. The summed E-state index contributed by atoms with van der Waals surface area (Å²) in [7, 11) is 0. The van der Waals surface area contributed by atoms with Crippen LogP contribution in [-0.4, -0.2) is 20.6 Å². The zero-order chi connectivity index (χ0) is 10.1. The zero-order valence-corrected chi connectivity index (χ0v) is 7.77. The molecule has 0 radical (unpaired) electrons. The fourth-order valence-electron chi connectivity index (χ4n) is 1.54. The third-order valence-electron chi connectivity index (χ3n) is 2.21. The van der Waals surface area contributed by atoms with Gasteiger partial charge in [0.2, 0.25) is 0 Å². The first-order chi connectivity index (χ1) is 6.74. The van der Waals surface area contributed by atoms with Gasteiger partial charge in [-0.15, -0.1) is 0 Å². The van der Waals surface area contributed by atoms with E-state index in [2.05, 4.69) is 4.98 Å². The van der Waals surface area contributed by atoms with Crippen molar-refractivity contribution in [2.45, 2.75) is 13.5 Å². The number of carboxylic acids is 1. The molecule has 0 amide bonds. The molecular weight excluding hydrogens is 180 g/mol. The van der Waals surface area contributed by atoms with Gasteiger partial charge >= 0.3 is 5.97 Å². The minimum atomic E-state index is -0.911. The first-order valence-electron chi connectivity index (χ1n) is 4.41. The molecule has 14 heavy (non-hydrogen) atoms. The van der Waals surface area contributed by atoms with Crippen molar-refractivity contribution in [2.75, 3.05) is 0 Å². The molecule has 1 heterocycles. The molecular formula is C10H10N2O2. The molecule has 4 heteroatoms. The van der Waals surface area contributed by atoms with Crippen LogP contribution < -0.4 is 0 Å². The Labute approximate surface area is 80.8 Å². The fourth-order valence-corrected chi connectivity index (χ4v) is 1.54. The summed E-state index contributed by atoms with van der Waals surface area (Å²) in [5.41, 5.74) is 1.73. The van der Waals surface area contributed by atoms with Gasteiger partial charge in [0.05, 0.1) is 22.9 Å². The number of para-hydroxylation sites is 1. The second-order valence-electron chi connectivity index (χ2n) is 3.01. The molecule has 1 aromatic heterocycles. The molecule has 0 saturated carbocycles. The minimum absolute atomic E-state index is 0.307. The number of carbonyl (C=O) groups is 1. The standard InChI is InChI=1S/C10H10N2O2/c1-2-12-6-11-8-5-3-4-7(9(8)12)10(13)14/h3-6H,2H2,1H3,(H,13,14). The van der Waals surface area contributed by atoms with Crippen LogP contribution in [-0.2, 0) is 6.54 Å². The van der Waals surface area contributed by atoms with E-state index in [-0.39, 0.29) is 0 Å². The topological polar surface area (TPSA) is 55.1 Å². The van der Waals surface area contributed by atoms with Crippen LogP contribution in [0.3, 0.4) is 0 Å². The summed E-state index contributed by atoms with van der Waals surface area (Å²) in [6, 6.07) is 5.12. The molecule has 0 bridgehead atoms. The van der Waals surface area contributed by atoms with Gasteiger partial charge in [0.25, 0.3) is 0 Å². The van der Waals surface area contributed by atoms with Gasteiger partial charge in [-0.25, -0.2) is 9.78 Å². The van der Waals surface area contributed by atoms with Gasteiger partial charge in [-0.1, -0.05) is 6.07 Å². The molecule has 0 aliphatic rings. The third kappa shape index (κ3) is 1.16. The second kappa shape index (κ2) is 3.14. The number of carboxylic acid groups (broad SMARTS) is 1. The van der Waals surface area contributed by atoms with Gasteiger partial charge in [-0.2, -0.15) is 0 Å². The molecule has 2 aromatic rings. The molecule has 0 atom stereocenters. The minimum Gasteiger partial charge on any atom is -0.478 e. The SMILES string of the molecule is CCn1cnc2cccc(C(=O)O)c21. The Morgan fingerprint density at radius 1 is 1.57 bits per heavy atom. The highest BCUT2D eigenvalue weighted by atomic mass is 16.4. The number of imidazole rings is 1. The predicted octanol–water partition coefficient (Wildman–Crippen LogP) is 1.75. The number of aromatic carboxylic acids is 1. The van der Waals surface area contributed by atoms with E-state index in [0.29, 0.717) is 11.1 Å². The highest BCUT2D eigenvalue weighted by molar-refractivity contribution is 6.01. The summed E-state index contributed by atoms with van der Waals surface area (Å²) in [6.07, 6.45) is 1.66. The van der Waals surface area contributed by atoms with E-state index < -0.39 is 5.97 Å². The average Bonchev–Trinajstić information content (AvgIpc) is 2.59. The Kier molecular flexibility index (Phi) is 1.96. The lowest BCUT2D eigenvalue weighted by molar-refractivity contribution is 0.0698. The lowest BCUT2D eigenvalue weighted by atomic mass is 10.2. The van der Waals surface area contributed by atoms with E-state index in [0.717, 1.165) is 12.1 Å². The van der Waals surface area contributed by atoms with E-state index in [1.54, 1.807) is 18.5 Å². The molecule has 1 aromatic carbocycles. The van der Waals surface area contributed by atoms with E-state index >= 15 is 0 Å². The maximum absolute atomic E-state index is 10.9. The summed E-state index contributed by atoms with van der Waals surface area (Å²) in [6.45, 7) is 2.68. The van der Waals surface area contributed by atoms with Crippen LogP contribution in [0.25, 0.3) is 11.0 Å². The van der Waals surface area contributed by atoms with Gasteiger partial charge in [0, 0.05) is 6.54 Å². The monoisotopic (exact) mass is 190 g/mol. The predicted molar refractivity (Wildman–Crippen MR) is 52.4 cm³/mol. The number of hydrogen-bond donors (Lipinski definition) is 1. The first-order valence-corrected chi connectivity index (χ1v) is 4.41. The maximum atomic E-state index is 10.9.